The van der Waals surface area contributed by atoms with Crippen molar-refractivity contribution in [1.82, 2.24) is 5.32 Å². The van der Waals surface area contributed by atoms with Gasteiger partial charge in [-0.15, -0.1) is 0 Å². The number of aromatic hydroxyl groups is 1. The van der Waals surface area contributed by atoms with Crippen molar-refractivity contribution in [2.45, 2.75) is 13.5 Å². The van der Waals surface area contributed by atoms with Gasteiger partial charge >= 0.3 is 0 Å². The third-order valence-electron chi connectivity index (χ3n) is 2.89. The lowest BCUT2D eigenvalue weighted by Crippen LogP contribution is -2.22. The lowest BCUT2D eigenvalue weighted by atomic mass is 10.2. The first-order valence-electron chi connectivity index (χ1n) is 5.90. The normalized spacial score (nSPS) is 10.3. The number of methoxy groups -OCH3 is 1. The van der Waals surface area contributed by atoms with Crippen LogP contribution in [-0.4, -0.2) is 18.1 Å². The van der Waals surface area contributed by atoms with Gasteiger partial charge in [0.15, 0.2) is 11.5 Å². The SMILES string of the molecule is COc1cc(C(=O)NCc2occc2C)cc(Cl)c1O. The average Bonchev–Trinajstić information content (AvgIpc) is 2.84. The monoisotopic (exact) mass is 295 g/mol. The lowest BCUT2D eigenvalue weighted by Gasteiger charge is -2.09. The Bertz CT molecular complexity index is 636. The standard InChI is InChI=1S/C14H14ClNO4/c1-8-3-4-20-12(8)7-16-14(18)9-5-10(15)13(17)11(6-9)19-2/h3-6,17H,7H2,1-2H3,(H,16,18). The molecular formula is C14H14ClNO4. The maximum Gasteiger partial charge on any atom is 0.251 e. The van der Waals surface area contributed by atoms with E-state index in [1.807, 2.05) is 13.0 Å². The van der Waals surface area contributed by atoms with Crippen LogP contribution in [0.25, 0.3) is 0 Å². The number of rotatable bonds is 4. The van der Waals surface area contributed by atoms with Crippen molar-refractivity contribution in [2.24, 2.45) is 0 Å². The van der Waals surface area contributed by atoms with E-state index in [1.54, 1.807) is 6.26 Å². The van der Waals surface area contributed by atoms with Crippen LogP contribution in [0.5, 0.6) is 11.5 Å². The predicted molar refractivity (Wildman–Crippen MR) is 74.3 cm³/mol. The first kappa shape index (κ1) is 14.3. The number of amides is 1. The number of carbonyl (C=O) groups is 1. The van der Waals surface area contributed by atoms with Crippen molar-refractivity contribution in [2.75, 3.05) is 7.11 Å². The second kappa shape index (κ2) is 5.88. The van der Waals surface area contributed by atoms with Gasteiger partial charge < -0.3 is 19.6 Å². The second-order valence-electron chi connectivity index (χ2n) is 4.22. The molecule has 1 amide bonds. The zero-order chi connectivity index (χ0) is 14.7. The highest BCUT2D eigenvalue weighted by molar-refractivity contribution is 6.32. The summed E-state index contributed by atoms with van der Waals surface area (Å²) in [5, 5.41) is 12.4. The number of nitrogens with one attached hydrogen (secondary N) is 1. The van der Waals surface area contributed by atoms with E-state index in [9.17, 15) is 9.90 Å². The van der Waals surface area contributed by atoms with Gasteiger partial charge in [-0.1, -0.05) is 11.6 Å². The number of ether oxygens (including phenoxy) is 1. The van der Waals surface area contributed by atoms with Crippen LogP contribution in [0, 0.1) is 6.92 Å². The fourth-order valence-electron chi connectivity index (χ4n) is 1.71. The van der Waals surface area contributed by atoms with E-state index < -0.39 is 0 Å². The molecule has 0 aliphatic heterocycles. The van der Waals surface area contributed by atoms with E-state index in [2.05, 4.69) is 5.32 Å². The zero-order valence-electron chi connectivity index (χ0n) is 11.1. The van der Waals surface area contributed by atoms with Crippen LogP contribution in [0.3, 0.4) is 0 Å². The molecule has 5 nitrogen and oxygen atoms in total. The Morgan fingerprint density at radius 3 is 2.85 bits per heavy atom. The van der Waals surface area contributed by atoms with Gasteiger partial charge in [0, 0.05) is 5.56 Å². The molecule has 0 atom stereocenters. The largest absolute Gasteiger partial charge is 0.503 e. The maximum absolute atomic E-state index is 12.0. The summed E-state index contributed by atoms with van der Waals surface area (Å²) in [4.78, 5) is 12.0. The third kappa shape index (κ3) is 2.88. The molecule has 0 fully saturated rings. The number of phenolic OH excluding ortho intramolecular Hbond substituents is 1. The van der Waals surface area contributed by atoms with Crippen LogP contribution in [0.15, 0.2) is 28.9 Å². The molecule has 2 aromatic rings. The number of benzene rings is 1. The first-order chi connectivity index (χ1) is 9.52. The van der Waals surface area contributed by atoms with Gasteiger partial charge in [-0.3, -0.25) is 4.79 Å². The number of aryl methyl sites for hydroxylation is 1. The Kier molecular flexibility index (Phi) is 4.20. The summed E-state index contributed by atoms with van der Waals surface area (Å²) in [5.41, 5.74) is 1.26. The van der Waals surface area contributed by atoms with Gasteiger partial charge in [0.05, 0.1) is 24.9 Å². The third-order valence-corrected chi connectivity index (χ3v) is 3.18. The highest BCUT2D eigenvalue weighted by atomic mass is 35.5. The molecule has 20 heavy (non-hydrogen) atoms. The smallest absolute Gasteiger partial charge is 0.251 e. The Labute approximate surface area is 121 Å². The zero-order valence-corrected chi connectivity index (χ0v) is 11.8. The molecule has 0 unspecified atom stereocenters. The topological polar surface area (TPSA) is 71.7 Å². The molecule has 0 aliphatic carbocycles. The molecule has 6 heteroatoms. The Morgan fingerprint density at radius 1 is 1.50 bits per heavy atom. The fraction of sp³-hybridized carbons (Fsp3) is 0.214. The summed E-state index contributed by atoms with van der Waals surface area (Å²) in [6.07, 6.45) is 1.57. The Morgan fingerprint density at radius 2 is 2.25 bits per heavy atom. The molecule has 2 N–H and O–H groups in total. The molecule has 0 radical (unpaired) electrons. The summed E-state index contributed by atoms with van der Waals surface area (Å²) in [5.74, 6) is 0.320. The molecule has 2 rings (SSSR count). The molecule has 0 saturated carbocycles. The van der Waals surface area contributed by atoms with E-state index in [4.69, 9.17) is 20.8 Å². The number of hydrogen-bond donors (Lipinski definition) is 2. The summed E-state index contributed by atoms with van der Waals surface area (Å²) in [7, 11) is 1.39. The summed E-state index contributed by atoms with van der Waals surface area (Å²) in [6.45, 7) is 2.17. The molecule has 0 aliphatic rings. The molecule has 106 valence electrons. The van der Waals surface area contributed by atoms with Crippen molar-refractivity contribution in [1.29, 1.82) is 0 Å². The fourth-order valence-corrected chi connectivity index (χ4v) is 1.92. The van der Waals surface area contributed by atoms with Crippen LogP contribution < -0.4 is 10.1 Å². The Balaban J connectivity index is 2.13. The van der Waals surface area contributed by atoms with Crippen LogP contribution >= 0.6 is 11.6 Å². The molecule has 1 aromatic heterocycles. The molecule has 0 spiro atoms. The van der Waals surface area contributed by atoms with E-state index >= 15 is 0 Å². The minimum Gasteiger partial charge on any atom is -0.503 e. The predicted octanol–water partition coefficient (Wildman–Crippen LogP) is 2.89. The number of halogens is 1. The van der Waals surface area contributed by atoms with Gasteiger partial charge in [-0.2, -0.15) is 0 Å². The van der Waals surface area contributed by atoms with Crippen LogP contribution in [-0.2, 0) is 6.54 Å². The van der Waals surface area contributed by atoms with Gasteiger partial charge in [0.1, 0.15) is 5.76 Å². The highest BCUT2D eigenvalue weighted by Crippen LogP contribution is 2.34. The van der Waals surface area contributed by atoms with Gasteiger partial charge in [0.25, 0.3) is 5.91 Å². The van der Waals surface area contributed by atoms with E-state index in [0.717, 1.165) is 5.56 Å². The van der Waals surface area contributed by atoms with Crippen molar-refractivity contribution in [3.05, 3.63) is 46.4 Å². The average molecular weight is 296 g/mol. The second-order valence-corrected chi connectivity index (χ2v) is 4.63. The first-order valence-corrected chi connectivity index (χ1v) is 6.28. The van der Waals surface area contributed by atoms with E-state index in [-0.39, 0.29) is 29.0 Å². The summed E-state index contributed by atoms with van der Waals surface area (Å²) >= 11 is 5.84. The summed E-state index contributed by atoms with van der Waals surface area (Å²) in [6, 6.07) is 4.62. The van der Waals surface area contributed by atoms with Gasteiger partial charge in [0.2, 0.25) is 0 Å². The molecule has 0 bridgehead atoms. The number of phenols is 1. The highest BCUT2D eigenvalue weighted by Gasteiger charge is 2.14. The number of hydrogen-bond acceptors (Lipinski definition) is 4. The number of carbonyl (C=O) groups excluding carboxylic acids is 1. The lowest BCUT2D eigenvalue weighted by molar-refractivity contribution is 0.0947. The van der Waals surface area contributed by atoms with Gasteiger partial charge in [-0.25, -0.2) is 0 Å². The quantitative estimate of drug-likeness (QED) is 0.910. The van der Waals surface area contributed by atoms with E-state index in [1.165, 1.54) is 19.2 Å². The van der Waals surface area contributed by atoms with Crippen molar-refractivity contribution in [3.63, 3.8) is 0 Å². The minimum atomic E-state index is -0.332. The molecular weight excluding hydrogens is 282 g/mol. The van der Waals surface area contributed by atoms with Crippen LogP contribution in [0.2, 0.25) is 5.02 Å². The van der Waals surface area contributed by atoms with Crippen molar-refractivity contribution in [3.8, 4) is 11.5 Å². The summed E-state index contributed by atoms with van der Waals surface area (Å²) < 4.78 is 10.2. The van der Waals surface area contributed by atoms with Crippen molar-refractivity contribution >= 4 is 17.5 Å². The molecule has 1 aromatic carbocycles. The molecule has 1 heterocycles. The van der Waals surface area contributed by atoms with Crippen LogP contribution in [0.4, 0.5) is 0 Å². The maximum atomic E-state index is 12.0. The van der Waals surface area contributed by atoms with Crippen molar-refractivity contribution < 1.29 is 19.1 Å². The number of furan rings is 1. The van der Waals surface area contributed by atoms with Crippen LogP contribution in [0.1, 0.15) is 21.7 Å². The minimum absolute atomic E-state index is 0.0590. The Hall–Kier alpha value is -2.14. The molecule has 0 saturated heterocycles. The van der Waals surface area contributed by atoms with E-state index in [0.29, 0.717) is 11.3 Å². The van der Waals surface area contributed by atoms with Gasteiger partial charge in [-0.05, 0) is 30.7 Å².